The van der Waals surface area contributed by atoms with Crippen LogP contribution in [0.25, 0.3) is 6.08 Å². The van der Waals surface area contributed by atoms with Gasteiger partial charge in [-0.3, -0.25) is 9.36 Å². The van der Waals surface area contributed by atoms with Crippen molar-refractivity contribution in [1.29, 1.82) is 0 Å². The Morgan fingerprint density at radius 3 is 2.40 bits per heavy atom. The highest BCUT2D eigenvalue weighted by atomic mass is 79.9. The van der Waals surface area contributed by atoms with E-state index in [0.717, 1.165) is 4.57 Å². The van der Waals surface area contributed by atoms with Crippen molar-refractivity contribution >= 4 is 85.7 Å². The van der Waals surface area contributed by atoms with Crippen molar-refractivity contribution in [1.82, 2.24) is 4.57 Å². The zero-order chi connectivity index (χ0) is 32.6. The highest BCUT2D eigenvalue weighted by molar-refractivity contribution is 9.10. The first-order valence-electron chi connectivity index (χ1n) is 12.9. The molecular weight excluding hydrogens is 763 g/mol. The Kier molecular flexibility index (Phi) is 10.1. The van der Waals surface area contributed by atoms with Crippen molar-refractivity contribution in [3.63, 3.8) is 0 Å². The van der Waals surface area contributed by atoms with Crippen LogP contribution in [0.5, 0.6) is 5.75 Å². The summed E-state index contributed by atoms with van der Waals surface area (Å²) >= 11 is 28.6. The van der Waals surface area contributed by atoms with E-state index < -0.39 is 35.0 Å². The minimum Gasteiger partial charge on any atom is -0.487 e. The number of carbonyl (C=O) groups is 1. The van der Waals surface area contributed by atoms with Gasteiger partial charge in [0.1, 0.15) is 12.4 Å². The third kappa shape index (κ3) is 7.13. The van der Waals surface area contributed by atoms with Gasteiger partial charge >= 0.3 is 12.1 Å². The average Bonchev–Trinajstić information content (AvgIpc) is 3.28. The Labute approximate surface area is 286 Å². The molecule has 5 rings (SSSR count). The number of rotatable bonds is 7. The molecule has 0 aliphatic carbocycles. The fraction of sp³-hybridized carbons (Fsp3) is 0.167. The van der Waals surface area contributed by atoms with E-state index in [-0.39, 0.29) is 28.1 Å². The molecular formula is C30H18BrCl4F3N2O4S. The number of carbonyl (C=O) groups excluding carboxylic acids is 1. The molecule has 3 aromatic carbocycles. The first-order chi connectivity index (χ1) is 21.3. The summed E-state index contributed by atoms with van der Waals surface area (Å²) in [5.41, 5.74) is -1.73. The predicted molar refractivity (Wildman–Crippen MR) is 172 cm³/mol. The van der Waals surface area contributed by atoms with Gasteiger partial charge in [-0.05, 0) is 76.5 Å². The van der Waals surface area contributed by atoms with Gasteiger partial charge in [-0.1, -0.05) is 75.9 Å². The molecule has 234 valence electrons. The van der Waals surface area contributed by atoms with Crippen molar-refractivity contribution in [2.24, 2.45) is 4.99 Å². The number of esters is 1. The van der Waals surface area contributed by atoms with Crippen molar-refractivity contribution in [2.45, 2.75) is 25.7 Å². The molecule has 1 aliphatic heterocycles. The maximum absolute atomic E-state index is 14.4. The van der Waals surface area contributed by atoms with Gasteiger partial charge in [0, 0.05) is 15.6 Å². The number of benzene rings is 3. The lowest BCUT2D eigenvalue weighted by Gasteiger charge is -2.26. The molecule has 45 heavy (non-hydrogen) atoms. The first-order valence-corrected chi connectivity index (χ1v) is 16.0. The molecule has 4 aromatic rings. The van der Waals surface area contributed by atoms with Crippen molar-refractivity contribution in [2.75, 3.05) is 6.61 Å². The number of nitrogens with zero attached hydrogens (tertiary/aromatic N) is 2. The van der Waals surface area contributed by atoms with Gasteiger partial charge < -0.3 is 9.47 Å². The molecule has 0 saturated carbocycles. The lowest BCUT2D eigenvalue weighted by molar-refractivity contribution is -0.140. The maximum atomic E-state index is 14.4. The van der Waals surface area contributed by atoms with E-state index in [0.29, 0.717) is 52.8 Å². The van der Waals surface area contributed by atoms with Gasteiger partial charge in [0.05, 0.1) is 37.3 Å². The molecule has 1 aromatic heterocycles. The molecule has 6 nitrogen and oxygen atoms in total. The first kappa shape index (κ1) is 33.6. The third-order valence-corrected chi connectivity index (χ3v) is 9.25. The van der Waals surface area contributed by atoms with E-state index in [1.807, 2.05) is 0 Å². The Hall–Kier alpha value is -2.80. The number of thiazole rings is 1. The van der Waals surface area contributed by atoms with Crippen LogP contribution in [0.15, 0.2) is 80.1 Å². The molecule has 0 unspecified atom stereocenters. The second-order valence-electron chi connectivity index (χ2n) is 9.46. The summed E-state index contributed by atoms with van der Waals surface area (Å²) in [4.78, 5) is 30.5. The monoisotopic (exact) mass is 778 g/mol. The van der Waals surface area contributed by atoms with E-state index in [4.69, 9.17) is 55.9 Å². The molecule has 1 aliphatic rings. The smallest absolute Gasteiger partial charge is 0.434 e. The van der Waals surface area contributed by atoms with Crippen LogP contribution in [0.3, 0.4) is 0 Å². The molecule has 0 radical (unpaired) electrons. The summed E-state index contributed by atoms with van der Waals surface area (Å²) < 4.78 is 55.7. The van der Waals surface area contributed by atoms with Crippen LogP contribution < -0.4 is 19.6 Å². The zero-order valence-corrected chi connectivity index (χ0v) is 28.2. The Morgan fingerprint density at radius 2 is 1.76 bits per heavy atom. The van der Waals surface area contributed by atoms with Crippen LogP contribution in [0.2, 0.25) is 20.1 Å². The van der Waals surface area contributed by atoms with Crippen LogP contribution in [-0.4, -0.2) is 23.3 Å². The molecule has 0 bridgehead atoms. The molecule has 1 atom stereocenters. The third-order valence-electron chi connectivity index (χ3n) is 6.47. The van der Waals surface area contributed by atoms with Gasteiger partial charge in [0.2, 0.25) is 0 Å². The number of aromatic nitrogens is 1. The molecule has 0 fully saturated rings. The number of alkyl halides is 3. The van der Waals surface area contributed by atoms with E-state index >= 15 is 0 Å². The number of hydrogen-bond acceptors (Lipinski definition) is 6. The number of allylic oxidation sites excluding steroid dienone is 1. The largest absolute Gasteiger partial charge is 0.487 e. The summed E-state index contributed by atoms with van der Waals surface area (Å²) in [6.45, 7) is 1.33. The van der Waals surface area contributed by atoms with Crippen LogP contribution >= 0.6 is 73.7 Å². The van der Waals surface area contributed by atoms with Crippen molar-refractivity contribution in [3.05, 3.63) is 127 Å². The van der Waals surface area contributed by atoms with Gasteiger partial charge in [0.25, 0.3) is 5.56 Å². The number of hydrogen-bond donors (Lipinski definition) is 0. The zero-order valence-electron chi connectivity index (χ0n) is 22.7. The van der Waals surface area contributed by atoms with Gasteiger partial charge in [-0.2, -0.15) is 13.2 Å². The summed E-state index contributed by atoms with van der Waals surface area (Å²) in [6.07, 6.45) is -3.60. The molecule has 15 heteroatoms. The van der Waals surface area contributed by atoms with Gasteiger partial charge in [0.15, 0.2) is 10.5 Å². The fourth-order valence-electron chi connectivity index (χ4n) is 4.57. The van der Waals surface area contributed by atoms with E-state index in [9.17, 15) is 22.8 Å². The quantitative estimate of drug-likeness (QED) is 0.177. The Balaban J connectivity index is 1.70. The second kappa shape index (κ2) is 13.5. The number of halogens is 8. The van der Waals surface area contributed by atoms with Crippen LogP contribution in [0.4, 0.5) is 13.2 Å². The molecule has 0 saturated heterocycles. The van der Waals surface area contributed by atoms with Crippen molar-refractivity contribution in [3.8, 4) is 5.75 Å². The topological polar surface area (TPSA) is 69.9 Å². The summed E-state index contributed by atoms with van der Waals surface area (Å²) in [5, 5.41) is 1.32. The SMILES string of the molecule is CCOC(=O)C1=C(C(F)(F)F)N=c2s/c(=C\c3cc(Cl)cc(Br)c3OCc3ccc(Cl)c(Cl)c3)c(=O)n2[C@H]1c1ccc(Cl)cc1. The summed E-state index contributed by atoms with van der Waals surface area (Å²) in [7, 11) is 0. The highest BCUT2D eigenvalue weighted by Gasteiger charge is 2.45. The lowest BCUT2D eigenvalue weighted by Crippen LogP contribution is -2.41. The fourth-order valence-corrected chi connectivity index (χ4v) is 6.95. The van der Waals surface area contributed by atoms with E-state index in [1.165, 1.54) is 43.3 Å². The summed E-state index contributed by atoms with van der Waals surface area (Å²) in [5.74, 6) is -0.951. The standard InChI is InChI=1S/C30H18BrCl4F3N2O4S/c1-2-43-28(42)23-24(15-4-6-17(32)7-5-15)40-27(41)22(45-29(40)39-26(23)30(36,37)38)11-16-10-18(33)12-19(31)25(16)44-13-14-3-8-20(34)21(35)9-14/h3-12,24H,2,13H2,1H3/b22-11-/t24-/m0/s1. The minimum absolute atomic E-state index is 0.00732. The average molecular weight is 781 g/mol. The van der Waals surface area contributed by atoms with Crippen LogP contribution in [0, 0.1) is 0 Å². The molecule has 2 heterocycles. The lowest BCUT2D eigenvalue weighted by atomic mass is 9.95. The molecule has 0 amide bonds. The van der Waals surface area contributed by atoms with Crippen LogP contribution in [-0.2, 0) is 16.1 Å². The Bertz CT molecular complexity index is 2030. The highest BCUT2D eigenvalue weighted by Crippen LogP contribution is 2.39. The van der Waals surface area contributed by atoms with Gasteiger partial charge in [-0.15, -0.1) is 0 Å². The summed E-state index contributed by atoms with van der Waals surface area (Å²) in [6, 6.07) is 12.4. The number of ether oxygens (including phenoxy) is 2. The number of fused-ring (bicyclic) bond motifs is 1. The van der Waals surface area contributed by atoms with Crippen molar-refractivity contribution < 1.29 is 27.4 Å². The predicted octanol–water partition coefficient (Wildman–Crippen LogP) is 8.30. The maximum Gasteiger partial charge on any atom is 0.434 e. The second-order valence-corrected chi connectivity index (χ2v) is 13.0. The molecule has 0 spiro atoms. The Morgan fingerprint density at radius 1 is 1.04 bits per heavy atom. The van der Waals surface area contributed by atoms with E-state index in [1.54, 1.807) is 24.3 Å². The van der Waals surface area contributed by atoms with Crippen LogP contribution in [0.1, 0.15) is 29.7 Å². The van der Waals surface area contributed by atoms with E-state index in [2.05, 4.69) is 20.9 Å². The normalized spacial score (nSPS) is 15.1. The van der Waals surface area contributed by atoms with Gasteiger partial charge in [-0.25, -0.2) is 9.79 Å². The molecule has 0 N–H and O–H groups in total. The minimum atomic E-state index is -5.04.